The van der Waals surface area contributed by atoms with Gasteiger partial charge in [0, 0.05) is 64.2 Å². The van der Waals surface area contributed by atoms with E-state index in [1.54, 1.807) is 0 Å². The maximum Gasteiger partial charge on any atom is 0.143 e. The molecule has 0 saturated carbocycles. The molecule has 3 aromatic heterocycles. The number of para-hydroxylation sites is 4. The first-order valence-electron chi connectivity index (χ1n) is 21.6. The van der Waals surface area contributed by atoms with Gasteiger partial charge in [-0.05, 0) is 88.0 Å². The second-order valence-corrected chi connectivity index (χ2v) is 17.5. The summed E-state index contributed by atoms with van der Waals surface area (Å²) < 4.78 is 15.3. The molecule has 0 spiro atoms. The predicted octanol–water partition coefficient (Wildman–Crippen LogP) is 18.0. The second kappa shape index (κ2) is 14.7. The fraction of sp³-hybridized carbons (Fsp3) is 0. The summed E-state index contributed by atoms with van der Waals surface area (Å²) in [5.74, 6) is 0. The zero-order chi connectivity index (χ0) is 42.1. The summed E-state index contributed by atoms with van der Waals surface area (Å²) in [6.07, 6.45) is 0. The first-order chi connectivity index (χ1) is 31.7. The Morgan fingerprint density at radius 1 is 0.297 bits per heavy atom. The van der Waals surface area contributed by atoms with Gasteiger partial charge in [0.1, 0.15) is 22.3 Å². The van der Waals surface area contributed by atoms with Crippen LogP contribution in [0.25, 0.3) is 109 Å². The standard InChI is InChI=1S/C60H37NO2S/c1-4-18-54-48(10-1)50-15-7-13-46(59(50)62-54)42-28-26-40(27-29-42)38-22-24-39(25-23-38)41-30-34-44(35-31-41)61(53-17-9-21-57-58(53)52-12-3-6-20-56(52)64-57)45-36-32-43(33-37-45)47-14-8-16-51-49-11-2-5-19-55(49)63-60(47)51/h1-37H. The summed E-state index contributed by atoms with van der Waals surface area (Å²) in [7, 11) is 0. The number of nitrogens with zero attached hydrogens (tertiary/aromatic N) is 1. The summed E-state index contributed by atoms with van der Waals surface area (Å²) in [6, 6.07) is 80.4. The average Bonchev–Trinajstić information content (AvgIpc) is 4.07. The van der Waals surface area contributed by atoms with Gasteiger partial charge in [-0.3, -0.25) is 0 Å². The Morgan fingerprint density at radius 2 is 0.688 bits per heavy atom. The quantitative estimate of drug-likeness (QED) is 0.160. The van der Waals surface area contributed by atoms with E-state index in [0.717, 1.165) is 88.8 Å². The molecule has 10 aromatic carbocycles. The van der Waals surface area contributed by atoms with Gasteiger partial charge in [-0.25, -0.2) is 0 Å². The average molecular weight is 836 g/mol. The molecule has 3 nitrogen and oxygen atoms in total. The van der Waals surface area contributed by atoms with Crippen LogP contribution in [0.3, 0.4) is 0 Å². The third kappa shape index (κ3) is 5.95. The van der Waals surface area contributed by atoms with E-state index in [9.17, 15) is 0 Å². The van der Waals surface area contributed by atoms with Crippen molar-refractivity contribution in [1.82, 2.24) is 0 Å². The SMILES string of the molecule is c1ccc2c(c1)oc1c(-c3ccc(-c4ccc(-c5ccc(N(c6ccc(-c7cccc8c7oc7ccccc78)cc6)c6cccc7sc8ccccc8c67)cc5)cc4)cc3)cccc12. The zero-order valence-electron chi connectivity index (χ0n) is 34.5. The highest BCUT2D eigenvalue weighted by atomic mass is 32.1. The molecule has 0 bridgehead atoms. The molecule has 0 atom stereocenters. The van der Waals surface area contributed by atoms with Gasteiger partial charge in [-0.1, -0.05) is 170 Å². The minimum absolute atomic E-state index is 0.905. The number of rotatable bonds is 7. The Morgan fingerprint density at radius 3 is 1.22 bits per heavy atom. The Hall–Kier alpha value is -8.18. The van der Waals surface area contributed by atoms with Crippen molar-refractivity contribution < 1.29 is 8.83 Å². The minimum Gasteiger partial charge on any atom is -0.455 e. The van der Waals surface area contributed by atoms with E-state index in [4.69, 9.17) is 8.83 Å². The van der Waals surface area contributed by atoms with Crippen molar-refractivity contribution in [3.05, 3.63) is 224 Å². The molecule has 0 fully saturated rings. The molecule has 0 N–H and O–H groups in total. The van der Waals surface area contributed by atoms with E-state index in [0.29, 0.717) is 0 Å². The van der Waals surface area contributed by atoms with Crippen molar-refractivity contribution in [3.8, 4) is 44.5 Å². The highest BCUT2D eigenvalue weighted by Crippen LogP contribution is 2.46. The molecule has 13 rings (SSSR count). The molecular weight excluding hydrogens is 799 g/mol. The molecule has 0 unspecified atom stereocenters. The van der Waals surface area contributed by atoms with Crippen LogP contribution < -0.4 is 4.90 Å². The number of anilines is 3. The molecule has 13 aromatic rings. The lowest BCUT2D eigenvalue weighted by Crippen LogP contribution is -2.10. The molecule has 0 radical (unpaired) electrons. The van der Waals surface area contributed by atoms with Crippen molar-refractivity contribution in [3.63, 3.8) is 0 Å². The van der Waals surface area contributed by atoms with Crippen LogP contribution in [0.1, 0.15) is 0 Å². The number of hydrogen-bond acceptors (Lipinski definition) is 4. The summed E-state index contributed by atoms with van der Waals surface area (Å²) in [6.45, 7) is 0. The smallest absolute Gasteiger partial charge is 0.143 e. The van der Waals surface area contributed by atoms with Crippen LogP contribution >= 0.6 is 11.3 Å². The molecule has 64 heavy (non-hydrogen) atoms. The lowest BCUT2D eigenvalue weighted by Gasteiger charge is -2.27. The molecule has 0 aliphatic heterocycles. The van der Waals surface area contributed by atoms with E-state index in [-0.39, 0.29) is 0 Å². The lowest BCUT2D eigenvalue weighted by molar-refractivity contribution is 0.669. The van der Waals surface area contributed by atoms with Gasteiger partial charge >= 0.3 is 0 Å². The molecular formula is C60H37NO2S. The van der Waals surface area contributed by atoms with Crippen LogP contribution in [0.15, 0.2) is 233 Å². The number of fused-ring (bicyclic) bond motifs is 9. The summed E-state index contributed by atoms with van der Waals surface area (Å²) >= 11 is 1.84. The summed E-state index contributed by atoms with van der Waals surface area (Å²) in [5.41, 5.74) is 16.1. The van der Waals surface area contributed by atoms with Gasteiger partial charge in [-0.2, -0.15) is 0 Å². The fourth-order valence-corrected chi connectivity index (χ4v) is 10.7. The zero-order valence-corrected chi connectivity index (χ0v) is 35.4. The van der Waals surface area contributed by atoms with Crippen molar-refractivity contribution in [1.29, 1.82) is 0 Å². The summed E-state index contributed by atoms with van der Waals surface area (Å²) in [4.78, 5) is 2.40. The van der Waals surface area contributed by atoms with E-state index in [2.05, 4.69) is 205 Å². The first kappa shape index (κ1) is 36.5. The van der Waals surface area contributed by atoms with Crippen LogP contribution in [0.2, 0.25) is 0 Å². The van der Waals surface area contributed by atoms with Crippen LogP contribution in [-0.2, 0) is 0 Å². The van der Waals surface area contributed by atoms with Crippen molar-refractivity contribution in [2.75, 3.05) is 4.90 Å². The Balaban J connectivity index is 0.833. The third-order valence-electron chi connectivity index (χ3n) is 12.7. The summed E-state index contributed by atoms with van der Waals surface area (Å²) in [5, 5.41) is 7.09. The largest absolute Gasteiger partial charge is 0.455 e. The Labute approximate surface area is 373 Å². The van der Waals surface area contributed by atoms with Gasteiger partial charge in [-0.15, -0.1) is 11.3 Å². The van der Waals surface area contributed by atoms with Crippen LogP contribution in [-0.4, -0.2) is 0 Å². The Kier molecular flexibility index (Phi) is 8.40. The normalized spacial score (nSPS) is 11.8. The molecule has 300 valence electrons. The second-order valence-electron chi connectivity index (χ2n) is 16.4. The number of thiophene rings is 1. The van der Waals surface area contributed by atoms with Crippen molar-refractivity contribution in [2.24, 2.45) is 0 Å². The third-order valence-corrected chi connectivity index (χ3v) is 13.9. The van der Waals surface area contributed by atoms with Crippen molar-refractivity contribution >= 4 is 92.4 Å². The van der Waals surface area contributed by atoms with Gasteiger partial charge in [0.2, 0.25) is 0 Å². The van der Waals surface area contributed by atoms with Crippen LogP contribution in [0.5, 0.6) is 0 Å². The number of benzene rings is 10. The van der Waals surface area contributed by atoms with Gasteiger partial charge in [0.15, 0.2) is 0 Å². The van der Waals surface area contributed by atoms with Gasteiger partial charge in [0.05, 0.1) is 5.69 Å². The van der Waals surface area contributed by atoms with E-state index in [1.165, 1.54) is 36.9 Å². The van der Waals surface area contributed by atoms with E-state index in [1.807, 2.05) is 35.6 Å². The highest BCUT2D eigenvalue weighted by molar-refractivity contribution is 7.26. The van der Waals surface area contributed by atoms with Crippen LogP contribution in [0, 0.1) is 0 Å². The number of hydrogen-bond donors (Lipinski definition) is 0. The monoisotopic (exact) mass is 835 g/mol. The molecule has 4 heteroatoms. The van der Waals surface area contributed by atoms with E-state index >= 15 is 0 Å². The first-order valence-corrected chi connectivity index (χ1v) is 22.5. The molecule has 0 saturated heterocycles. The molecule has 0 amide bonds. The molecule has 3 heterocycles. The Bertz CT molecular complexity index is 3870. The van der Waals surface area contributed by atoms with Gasteiger partial charge in [0.25, 0.3) is 0 Å². The highest BCUT2D eigenvalue weighted by Gasteiger charge is 2.20. The lowest BCUT2D eigenvalue weighted by atomic mass is 9.97. The van der Waals surface area contributed by atoms with Crippen LogP contribution in [0.4, 0.5) is 17.1 Å². The fourth-order valence-electron chi connectivity index (χ4n) is 9.61. The maximum atomic E-state index is 6.44. The predicted molar refractivity (Wildman–Crippen MR) is 270 cm³/mol. The molecule has 0 aliphatic carbocycles. The van der Waals surface area contributed by atoms with E-state index < -0.39 is 0 Å². The topological polar surface area (TPSA) is 29.5 Å². The number of furan rings is 2. The molecule has 0 aliphatic rings. The minimum atomic E-state index is 0.905. The van der Waals surface area contributed by atoms with Crippen molar-refractivity contribution in [2.45, 2.75) is 0 Å². The van der Waals surface area contributed by atoms with Gasteiger partial charge < -0.3 is 13.7 Å². The maximum absolute atomic E-state index is 6.44.